The Hall–Kier alpha value is -6.26. The molecule has 3 aliphatic carbocycles. The molecule has 7 atom stereocenters. The van der Waals surface area contributed by atoms with Gasteiger partial charge in [-0.1, -0.05) is 99.2 Å². The number of carbonyl (C=O) groups is 4. The first-order valence-electron chi connectivity index (χ1n) is 28.2. The summed E-state index contributed by atoms with van der Waals surface area (Å²) >= 11 is 0. The topological polar surface area (TPSA) is 247 Å². The molecule has 5 fully saturated rings. The van der Waals surface area contributed by atoms with Crippen LogP contribution in [0.15, 0.2) is 84.9 Å². The molecule has 2 saturated heterocycles. The van der Waals surface area contributed by atoms with Crippen LogP contribution in [0.4, 0.5) is 0 Å². The quantitative estimate of drug-likeness (QED) is 0.0259. The molecule has 404 valence electrons. The summed E-state index contributed by atoms with van der Waals surface area (Å²) in [6.07, 6.45) is 18.6. The zero-order valence-corrected chi connectivity index (χ0v) is 44.1. The van der Waals surface area contributed by atoms with E-state index in [9.17, 15) is 19.2 Å². The highest BCUT2D eigenvalue weighted by atomic mass is 16.2. The van der Waals surface area contributed by atoms with E-state index >= 15 is 0 Å². The van der Waals surface area contributed by atoms with Crippen molar-refractivity contribution < 1.29 is 19.2 Å². The molecule has 4 amide bonds. The maximum absolute atomic E-state index is 13.6. The summed E-state index contributed by atoms with van der Waals surface area (Å²) in [6, 6.07) is 27.0. The van der Waals surface area contributed by atoms with Crippen LogP contribution >= 0.6 is 0 Å². The number of amides is 4. The van der Waals surface area contributed by atoms with Crippen LogP contribution in [-0.4, -0.2) is 122 Å². The number of nitrogens with one attached hydrogen (secondary N) is 8. The van der Waals surface area contributed by atoms with E-state index in [0.717, 1.165) is 96.8 Å². The third kappa shape index (κ3) is 16.1. The molecule has 16 nitrogen and oxygen atoms in total. The molecule has 0 aromatic heterocycles. The average molecular weight is 1030 g/mol. The van der Waals surface area contributed by atoms with Gasteiger partial charge in [-0.2, -0.15) is 0 Å². The molecular formula is C59H84N12O4. The Morgan fingerprint density at radius 2 is 1.05 bits per heavy atom. The average Bonchev–Trinajstić information content (AvgIpc) is 3.98. The second-order valence-corrected chi connectivity index (χ2v) is 22.1. The lowest BCUT2D eigenvalue weighted by molar-refractivity contribution is -0.133. The van der Waals surface area contributed by atoms with Gasteiger partial charge in [0.1, 0.15) is 0 Å². The molecule has 5 aliphatic rings. The Morgan fingerprint density at radius 1 is 0.560 bits per heavy atom. The number of benzene rings is 4. The summed E-state index contributed by atoms with van der Waals surface area (Å²) in [7, 11) is 0. The van der Waals surface area contributed by atoms with E-state index in [-0.39, 0.29) is 59.7 Å². The molecule has 4 aromatic carbocycles. The minimum Gasteiger partial charge on any atom is -0.370 e. The van der Waals surface area contributed by atoms with Gasteiger partial charge in [-0.25, -0.2) is 0 Å². The predicted molar refractivity (Wildman–Crippen MR) is 299 cm³/mol. The summed E-state index contributed by atoms with van der Waals surface area (Å²) < 4.78 is 0. The number of guanidine groups is 2. The van der Waals surface area contributed by atoms with E-state index in [0.29, 0.717) is 63.2 Å². The fraction of sp³-hybridized carbons (Fsp3) is 0.559. The lowest BCUT2D eigenvalue weighted by Gasteiger charge is -2.28. The highest BCUT2D eigenvalue weighted by Crippen LogP contribution is 2.49. The molecule has 75 heavy (non-hydrogen) atoms. The largest absolute Gasteiger partial charge is 0.370 e. The van der Waals surface area contributed by atoms with Gasteiger partial charge in [-0.05, 0) is 140 Å². The molecule has 0 spiro atoms. The molecule has 4 aromatic rings. The number of hydrogen-bond acceptors (Lipinski definition) is 8. The standard InChI is InChI=1S/C30H42N6O2.C29H42N6O2/c31-30(32)33-13-3-6-27-29(38)36(14-11-24-17-20-7-8-23(24)16-20)15-12-26(35-27)19-34-28(37)25-10-9-21-4-1-2-5-22(21)18-25;30-29(31)32-16-6-11-26-28(37)35(17-14-21-7-2-1-3-8-21)18-15-25(34-26)20-33-27(36)24-13-12-22-9-4-5-10-23(22)19-24/h1-2,4-5,9-10,18,20,23-24,26-27,35H,3,6-8,11-17,19H2,(H,34,37)(H4,31,32,33);4-5,9-10,12-13,19,21,25-26,34H,1-3,6-8,11,14-18,20H2,(H,33,36)(H4,30,31,32)/t20?,23?,24?,26-,27-;25-,26-/m00/s1. The molecule has 9 rings (SSSR count). The van der Waals surface area contributed by atoms with E-state index in [1.807, 2.05) is 89.8 Å². The molecule has 12 N–H and O–H groups in total. The first-order chi connectivity index (χ1) is 36.4. The number of carbonyl (C=O) groups excluding carboxylic acids is 4. The van der Waals surface area contributed by atoms with Gasteiger partial charge < -0.3 is 53.2 Å². The van der Waals surface area contributed by atoms with Gasteiger partial charge in [-0.3, -0.25) is 30.0 Å². The van der Waals surface area contributed by atoms with E-state index in [2.05, 4.69) is 36.8 Å². The van der Waals surface area contributed by atoms with Crippen LogP contribution in [-0.2, 0) is 9.59 Å². The van der Waals surface area contributed by atoms with Crippen LogP contribution in [0.3, 0.4) is 0 Å². The van der Waals surface area contributed by atoms with Crippen molar-refractivity contribution in [2.45, 2.75) is 133 Å². The van der Waals surface area contributed by atoms with Crippen molar-refractivity contribution in [1.82, 2.24) is 41.7 Å². The van der Waals surface area contributed by atoms with E-state index in [1.54, 1.807) is 0 Å². The fourth-order valence-electron chi connectivity index (χ4n) is 12.6. The van der Waals surface area contributed by atoms with Crippen molar-refractivity contribution in [2.75, 3.05) is 52.4 Å². The third-order valence-electron chi connectivity index (χ3n) is 16.8. The molecule has 2 heterocycles. The summed E-state index contributed by atoms with van der Waals surface area (Å²) in [5.41, 5.74) is 12.1. The smallest absolute Gasteiger partial charge is 0.251 e. The van der Waals surface area contributed by atoms with Crippen molar-refractivity contribution in [3.63, 3.8) is 0 Å². The normalized spacial score (nSPS) is 24.0. The Bertz CT molecular complexity index is 2570. The molecule has 3 unspecified atom stereocenters. The minimum atomic E-state index is -0.301. The van der Waals surface area contributed by atoms with Crippen molar-refractivity contribution in [2.24, 2.45) is 35.1 Å². The molecular weight excluding hydrogens is 941 g/mol. The van der Waals surface area contributed by atoms with Crippen molar-refractivity contribution in [1.29, 1.82) is 10.8 Å². The Balaban J connectivity index is 0.000000199. The Morgan fingerprint density at radius 3 is 1.52 bits per heavy atom. The molecule has 16 heteroatoms. The molecule has 2 bridgehead atoms. The van der Waals surface area contributed by atoms with E-state index < -0.39 is 0 Å². The van der Waals surface area contributed by atoms with Crippen molar-refractivity contribution in [3.8, 4) is 0 Å². The molecule has 0 radical (unpaired) electrons. The highest BCUT2D eigenvalue weighted by Gasteiger charge is 2.40. The van der Waals surface area contributed by atoms with Gasteiger partial charge in [0.25, 0.3) is 11.8 Å². The van der Waals surface area contributed by atoms with E-state index in [4.69, 9.17) is 22.3 Å². The first kappa shape index (κ1) is 55.0. The predicted octanol–water partition coefficient (Wildman–Crippen LogP) is 6.58. The van der Waals surface area contributed by atoms with Gasteiger partial charge in [0.2, 0.25) is 11.8 Å². The van der Waals surface area contributed by atoms with Crippen LogP contribution in [0, 0.1) is 34.5 Å². The lowest BCUT2D eigenvalue weighted by atomic mass is 9.86. The van der Waals surface area contributed by atoms with Gasteiger partial charge in [0.15, 0.2) is 11.9 Å². The number of nitrogens with zero attached hydrogens (tertiary/aromatic N) is 2. The number of fused-ring (bicyclic) bond motifs is 4. The zero-order valence-electron chi connectivity index (χ0n) is 44.1. The molecule has 2 aliphatic heterocycles. The van der Waals surface area contributed by atoms with E-state index in [1.165, 1.54) is 57.8 Å². The SMILES string of the molecule is N=C(N)NCCC[C@@H]1N[C@H](CNC(=O)c2ccc3ccccc3c2)CCN(CCC2CC3CCC2C3)C1=O.N=C(N)NCCC[C@@H]1N[C@H](CNC(=O)c2ccc3ccccc3c2)CCN(CCC2CCCCC2)C1=O. The number of rotatable bonds is 20. The van der Waals surface area contributed by atoms with Crippen molar-refractivity contribution in [3.05, 3.63) is 96.1 Å². The second kappa shape index (κ2) is 27.5. The van der Waals surface area contributed by atoms with Crippen LogP contribution < -0.4 is 43.4 Å². The minimum absolute atomic E-state index is 0.0128. The highest BCUT2D eigenvalue weighted by molar-refractivity contribution is 5.99. The van der Waals surface area contributed by atoms with Crippen LogP contribution in [0.1, 0.15) is 130 Å². The summed E-state index contributed by atoms with van der Waals surface area (Å²) in [4.78, 5) is 57.0. The van der Waals surface area contributed by atoms with Crippen LogP contribution in [0.2, 0.25) is 0 Å². The summed E-state index contributed by atoms with van der Waals surface area (Å²) in [5.74, 6) is 3.32. The Labute approximate surface area is 444 Å². The van der Waals surface area contributed by atoms with Gasteiger partial charge >= 0.3 is 0 Å². The van der Waals surface area contributed by atoms with Crippen LogP contribution in [0.5, 0.6) is 0 Å². The lowest BCUT2D eigenvalue weighted by Crippen LogP contribution is -2.49. The summed E-state index contributed by atoms with van der Waals surface area (Å²) in [6.45, 7) is 5.12. The number of nitrogens with two attached hydrogens (primary N) is 2. The third-order valence-corrected chi connectivity index (χ3v) is 16.8. The first-order valence-corrected chi connectivity index (χ1v) is 28.2. The zero-order chi connectivity index (χ0) is 52.5. The molecule has 3 saturated carbocycles. The maximum Gasteiger partial charge on any atom is 0.251 e. The monoisotopic (exact) mass is 1020 g/mol. The Kier molecular flexibility index (Phi) is 20.2. The van der Waals surface area contributed by atoms with Gasteiger partial charge in [0, 0.05) is 75.6 Å². The van der Waals surface area contributed by atoms with Crippen molar-refractivity contribution >= 4 is 57.1 Å². The summed E-state index contributed by atoms with van der Waals surface area (Å²) in [5, 5.41) is 38.0. The van der Waals surface area contributed by atoms with Gasteiger partial charge in [-0.15, -0.1) is 0 Å². The maximum atomic E-state index is 13.6. The van der Waals surface area contributed by atoms with Crippen LogP contribution in [0.25, 0.3) is 21.5 Å². The van der Waals surface area contributed by atoms with Gasteiger partial charge in [0.05, 0.1) is 12.1 Å². The fourth-order valence-corrected chi connectivity index (χ4v) is 12.6. The second-order valence-electron chi connectivity index (χ2n) is 22.1. The number of hydrogen-bond donors (Lipinski definition) is 10.